The van der Waals surface area contributed by atoms with E-state index in [-0.39, 0.29) is 11.9 Å². The van der Waals surface area contributed by atoms with E-state index >= 15 is 0 Å². The Morgan fingerprint density at radius 2 is 2.05 bits per heavy atom. The van der Waals surface area contributed by atoms with Gasteiger partial charge in [0, 0.05) is 18.3 Å². The molecule has 1 rings (SSSR count). The van der Waals surface area contributed by atoms with Gasteiger partial charge in [0.2, 0.25) is 5.91 Å². The van der Waals surface area contributed by atoms with Crippen LogP contribution in [0, 0.1) is 0 Å². The van der Waals surface area contributed by atoms with E-state index in [1.807, 2.05) is 43.5 Å². The van der Waals surface area contributed by atoms with Crippen molar-refractivity contribution >= 4 is 23.4 Å². The number of benzene rings is 1. The maximum atomic E-state index is 11.8. The van der Waals surface area contributed by atoms with Crippen molar-refractivity contribution in [3.05, 3.63) is 30.3 Å². The summed E-state index contributed by atoms with van der Waals surface area (Å²) >= 11 is 1.70. The molecule has 0 aliphatic heterocycles. The minimum absolute atomic E-state index is 0.0491. The topological polar surface area (TPSA) is 67.2 Å². The Labute approximate surface area is 119 Å². The van der Waals surface area contributed by atoms with Crippen LogP contribution in [0.2, 0.25) is 0 Å². The fourth-order valence-corrected chi connectivity index (χ4v) is 2.09. The number of hydrogen-bond acceptors (Lipinski definition) is 4. The number of rotatable bonds is 8. The largest absolute Gasteiger partial charge is 0.383 e. The number of carbonyl (C=O) groups excluding carboxylic acids is 1. The highest BCUT2D eigenvalue weighted by Gasteiger charge is 2.14. The van der Waals surface area contributed by atoms with Crippen LogP contribution in [0.4, 0.5) is 5.69 Å². The van der Waals surface area contributed by atoms with Gasteiger partial charge < -0.3 is 16.4 Å². The maximum Gasteiger partial charge on any atom is 0.237 e. The molecule has 4 nitrogen and oxygen atoms in total. The summed E-state index contributed by atoms with van der Waals surface area (Å²) in [7, 11) is 0. The van der Waals surface area contributed by atoms with Gasteiger partial charge in [0.1, 0.15) is 0 Å². The van der Waals surface area contributed by atoms with Crippen molar-refractivity contribution in [2.75, 3.05) is 23.9 Å². The van der Waals surface area contributed by atoms with Crippen molar-refractivity contribution in [1.82, 2.24) is 5.32 Å². The van der Waals surface area contributed by atoms with Crippen molar-refractivity contribution < 1.29 is 4.79 Å². The third-order valence-corrected chi connectivity index (χ3v) is 3.39. The van der Waals surface area contributed by atoms with Crippen LogP contribution in [0.15, 0.2) is 30.3 Å². The Balaban J connectivity index is 2.26. The zero-order chi connectivity index (χ0) is 14.1. The molecule has 0 heterocycles. The molecule has 0 fully saturated rings. The van der Waals surface area contributed by atoms with E-state index in [1.54, 1.807) is 11.8 Å². The monoisotopic (exact) mass is 281 g/mol. The average Bonchev–Trinajstić information content (AvgIpc) is 2.43. The molecule has 1 aromatic carbocycles. The summed E-state index contributed by atoms with van der Waals surface area (Å²) < 4.78 is 0. The van der Waals surface area contributed by atoms with Crippen molar-refractivity contribution in [3.8, 4) is 0 Å². The molecule has 0 aliphatic rings. The lowest BCUT2D eigenvalue weighted by Gasteiger charge is -2.18. The molecule has 0 aromatic heterocycles. The van der Waals surface area contributed by atoms with Gasteiger partial charge in [-0.25, -0.2) is 0 Å². The van der Waals surface area contributed by atoms with E-state index in [0.29, 0.717) is 13.0 Å². The van der Waals surface area contributed by atoms with Gasteiger partial charge in [-0.1, -0.05) is 18.2 Å². The average molecular weight is 281 g/mol. The molecule has 1 aromatic rings. The molecule has 0 spiro atoms. The van der Waals surface area contributed by atoms with E-state index < -0.39 is 6.04 Å². The molecule has 2 atom stereocenters. The molecular weight excluding hydrogens is 258 g/mol. The summed E-state index contributed by atoms with van der Waals surface area (Å²) in [5.41, 5.74) is 6.86. The van der Waals surface area contributed by atoms with Crippen LogP contribution in [0.25, 0.3) is 0 Å². The number of nitrogens with two attached hydrogens (primary N) is 1. The molecule has 0 aliphatic carbocycles. The van der Waals surface area contributed by atoms with E-state index in [4.69, 9.17) is 5.73 Å². The Morgan fingerprint density at radius 1 is 1.37 bits per heavy atom. The summed E-state index contributed by atoms with van der Waals surface area (Å²) in [5.74, 6) is 0.835. The lowest BCUT2D eigenvalue weighted by Crippen LogP contribution is -2.46. The molecular formula is C14H23N3OS. The van der Waals surface area contributed by atoms with Crippen molar-refractivity contribution in [2.24, 2.45) is 5.73 Å². The van der Waals surface area contributed by atoms with E-state index in [0.717, 1.165) is 11.4 Å². The van der Waals surface area contributed by atoms with Gasteiger partial charge >= 0.3 is 0 Å². The van der Waals surface area contributed by atoms with E-state index in [1.165, 1.54) is 0 Å². The van der Waals surface area contributed by atoms with Crippen LogP contribution in [0.3, 0.4) is 0 Å². The summed E-state index contributed by atoms with van der Waals surface area (Å²) in [6, 6.07) is 9.56. The molecule has 4 N–H and O–H groups in total. The molecule has 19 heavy (non-hydrogen) atoms. The van der Waals surface area contributed by atoms with Crippen molar-refractivity contribution in [2.45, 2.75) is 25.4 Å². The minimum Gasteiger partial charge on any atom is -0.383 e. The fourth-order valence-electron chi connectivity index (χ4n) is 1.60. The third-order valence-electron chi connectivity index (χ3n) is 2.74. The number of amides is 1. The minimum atomic E-state index is -0.411. The van der Waals surface area contributed by atoms with Crippen LogP contribution >= 0.6 is 11.8 Å². The molecule has 2 unspecified atom stereocenters. The van der Waals surface area contributed by atoms with Gasteiger partial charge in [-0.05, 0) is 37.5 Å². The molecule has 0 radical (unpaired) electrons. The number of hydrogen-bond donors (Lipinski definition) is 3. The Bertz CT molecular complexity index is 372. The van der Waals surface area contributed by atoms with Gasteiger partial charge in [0.05, 0.1) is 6.04 Å². The standard InChI is InChI=1S/C14H23N3OS/c1-11(10-16-12-6-4-3-5-7-12)17-14(18)13(15)8-9-19-2/h3-7,11,13,16H,8-10,15H2,1-2H3,(H,17,18). The third kappa shape index (κ3) is 6.50. The van der Waals surface area contributed by atoms with Crippen LogP contribution in [-0.2, 0) is 4.79 Å². The lowest BCUT2D eigenvalue weighted by molar-refractivity contribution is -0.122. The van der Waals surface area contributed by atoms with Gasteiger partial charge in [0.25, 0.3) is 0 Å². The molecule has 0 bridgehead atoms. The van der Waals surface area contributed by atoms with Crippen LogP contribution in [0.1, 0.15) is 13.3 Å². The number of para-hydroxylation sites is 1. The van der Waals surface area contributed by atoms with Gasteiger partial charge in [-0.15, -0.1) is 0 Å². The van der Waals surface area contributed by atoms with Crippen LogP contribution < -0.4 is 16.4 Å². The Hall–Kier alpha value is -1.20. The molecule has 0 saturated carbocycles. The first-order chi connectivity index (χ1) is 9.13. The summed E-state index contributed by atoms with van der Waals surface area (Å²) in [6.07, 6.45) is 2.73. The Kier molecular flexibility index (Phi) is 7.36. The van der Waals surface area contributed by atoms with E-state index in [2.05, 4.69) is 10.6 Å². The maximum absolute atomic E-state index is 11.8. The summed E-state index contributed by atoms with van der Waals surface area (Å²) in [4.78, 5) is 11.8. The van der Waals surface area contributed by atoms with E-state index in [9.17, 15) is 4.79 Å². The molecule has 5 heteroatoms. The van der Waals surface area contributed by atoms with Gasteiger partial charge in [-0.3, -0.25) is 4.79 Å². The zero-order valence-electron chi connectivity index (χ0n) is 11.6. The highest BCUT2D eigenvalue weighted by molar-refractivity contribution is 7.98. The number of carbonyl (C=O) groups is 1. The first-order valence-electron chi connectivity index (χ1n) is 6.47. The number of nitrogens with one attached hydrogen (secondary N) is 2. The smallest absolute Gasteiger partial charge is 0.237 e. The highest BCUT2D eigenvalue weighted by atomic mass is 32.2. The normalized spacial score (nSPS) is 13.6. The second-order valence-corrected chi connectivity index (χ2v) is 5.53. The number of thioether (sulfide) groups is 1. The highest BCUT2D eigenvalue weighted by Crippen LogP contribution is 2.04. The molecule has 1 amide bonds. The molecule has 106 valence electrons. The first-order valence-corrected chi connectivity index (χ1v) is 7.86. The zero-order valence-corrected chi connectivity index (χ0v) is 12.4. The number of anilines is 1. The molecule has 0 saturated heterocycles. The second kappa shape index (κ2) is 8.82. The first kappa shape index (κ1) is 15.9. The van der Waals surface area contributed by atoms with Crippen molar-refractivity contribution in [1.29, 1.82) is 0 Å². The lowest BCUT2D eigenvalue weighted by atomic mass is 10.2. The summed E-state index contributed by atoms with van der Waals surface area (Å²) in [5, 5.41) is 6.20. The van der Waals surface area contributed by atoms with Crippen LogP contribution in [0.5, 0.6) is 0 Å². The van der Waals surface area contributed by atoms with Gasteiger partial charge in [-0.2, -0.15) is 11.8 Å². The quantitative estimate of drug-likeness (QED) is 0.678. The summed E-state index contributed by atoms with van der Waals surface area (Å²) in [6.45, 7) is 2.65. The van der Waals surface area contributed by atoms with Crippen LogP contribution in [-0.4, -0.2) is 36.5 Å². The predicted octanol–water partition coefficient (Wildman–Crippen LogP) is 1.68. The van der Waals surface area contributed by atoms with Crippen molar-refractivity contribution in [3.63, 3.8) is 0 Å². The Morgan fingerprint density at radius 3 is 2.68 bits per heavy atom. The van der Waals surface area contributed by atoms with Gasteiger partial charge in [0.15, 0.2) is 0 Å². The SMILES string of the molecule is CSCCC(N)C(=O)NC(C)CNc1ccccc1. The second-order valence-electron chi connectivity index (χ2n) is 4.54. The fraction of sp³-hybridized carbons (Fsp3) is 0.500. The predicted molar refractivity (Wildman–Crippen MR) is 83.5 cm³/mol.